The lowest BCUT2D eigenvalue weighted by atomic mass is 10.1. The average molecular weight is 422 g/mol. The van der Waals surface area contributed by atoms with Crippen LogP contribution in [0.25, 0.3) is 0 Å². The topological polar surface area (TPSA) is 90.3 Å². The number of aromatic hydroxyl groups is 2. The van der Waals surface area contributed by atoms with E-state index in [0.29, 0.717) is 25.2 Å². The Morgan fingerprint density at radius 1 is 1.03 bits per heavy atom. The van der Waals surface area contributed by atoms with Crippen LogP contribution in [0, 0.1) is 5.82 Å². The van der Waals surface area contributed by atoms with E-state index >= 15 is 0 Å². The molecule has 2 N–H and O–H groups in total. The van der Waals surface area contributed by atoms with Crippen molar-refractivity contribution in [2.45, 2.75) is 25.2 Å². The Morgan fingerprint density at radius 2 is 1.83 bits per heavy atom. The molecule has 2 fully saturated rings. The Morgan fingerprint density at radius 3 is 2.59 bits per heavy atom. The zero-order chi connectivity index (χ0) is 20.6. The van der Waals surface area contributed by atoms with Crippen molar-refractivity contribution < 1.29 is 27.8 Å². The number of phenolic OH excluding ortho intramolecular Hbond substituents is 2. The Labute approximate surface area is 169 Å². The minimum absolute atomic E-state index is 0.0957. The second-order valence-corrected chi connectivity index (χ2v) is 9.53. The molecule has 4 rings (SSSR count). The van der Waals surface area contributed by atoms with E-state index in [4.69, 9.17) is 4.74 Å². The molecular formula is C20H23FN2O5S. The SMILES string of the molecule is O=S1(=O)CCO[C@H]2CN(Cc3ccc(O)c(O)c3)C[C@H]2N1Cc1cccc(F)c1. The minimum atomic E-state index is -3.55. The molecule has 0 amide bonds. The summed E-state index contributed by atoms with van der Waals surface area (Å²) < 4.78 is 46.6. The molecule has 9 heteroatoms. The lowest BCUT2D eigenvalue weighted by Crippen LogP contribution is -2.45. The summed E-state index contributed by atoms with van der Waals surface area (Å²) >= 11 is 0. The number of fused-ring (bicyclic) bond motifs is 1. The van der Waals surface area contributed by atoms with Gasteiger partial charge in [0.1, 0.15) is 5.82 Å². The highest BCUT2D eigenvalue weighted by Crippen LogP contribution is 2.30. The Kier molecular flexibility index (Phi) is 5.48. The summed E-state index contributed by atoms with van der Waals surface area (Å²) in [6.45, 7) is 1.70. The number of phenols is 2. The molecule has 29 heavy (non-hydrogen) atoms. The van der Waals surface area contributed by atoms with Gasteiger partial charge < -0.3 is 14.9 Å². The molecule has 156 valence electrons. The van der Waals surface area contributed by atoms with Crippen LogP contribution in [0.4, 0.5) is 4.39 Å². The summed E-state index contributed by atoms with van der Waals surface area (Å²) in [6, 6.07) is 10.2. The summed E-state index contributed by atoms with van der Waals surface area (Å²) in [5.41, 5.74) is 1.40. The Balaban J connectivity index is 1.55. The van der Waals surface area contributed by atoms with Crippen LogP contribution in [0.1, 0.15) is 11.1 Å². The second kappa shape index (κ2) is 7.91. The molecule has 2 heterocycles. The number of sulfonamides is 1. The van der Waals surface area contributed by atoms with Gasteiger partial charge in [0.15, 0.2) is 11.5 Å². The molecule has 0 bridgehead atoms. The van der Waals surface area contributed by atoms with Crippen molar-refractivity contribution in [3.05, 3.63) is 59.4 Å². The van der Waals surface area contributed by atoms with Gasteiger partial charge in [0, 0.05) is 26.2 Å². The number of ether oxygens (including phenoxy) is 1. The molecule has 0 aromatic heterocycles. The zero-order valence-electron chi connectivity index (χ0n) is 15.7. The van der Waals surface area contributed by atoms with Crippen molar-refractivity contribution in [3.63, 3.8) is 0 Å². The van der Waals surface area contributed by atoms with E-state index in [2.05, 4.69) is 4.90 Å². The maximum absolute atomic E-state index is 13.6. The molecule has 2 aromatic rings. The van der Waals surface area contributed by atoms with Crippen LogP contribution in [-0.2, 0) is 27.8 Å². The predicted molar refractivity (Wildman–Crippen MR) is 104 cm³/mol. The van der Waals surface area contributed by atoms with Gasteiger partial charge >= 0.3 is 0 Å². The first-order valence-corrected chi connectivity index (χ1v) is 11.0. The van der Waals surface area contributed by atoms with Crippen molar-refractivity contribution in [2.24, 2.45) is 0 Å². The molecular weight excluding hydrogens is 399 g/mol. The minimum Gasteiger partial charge on any atom is -0.504 e. The van der Waals surface area contributed by atoms with E-state index in [1.165, 1.54) is 28.6 Å². The van der Waals surface area contributed by atoms with E-state index < -0.39 is 15.8 Å². The fourth-order valence-corrected chi connectivity index (χ4v) is 5.49. The van der Waals surface area contributed by atoms with Gasteiger partial charge in [-0.25, -0.2) is 12.8 Å². The van der Waals surface area contributed by atoms with E-state index in [0.717, 1.165) is 5.56 Å². The van der Waals surface area contributed by atoms with Crippen LogP contribution < -0.4 is 0 Å². The first-order valence-electron chi connectivity index (χ1n) is 9.40. The van der Waals surface area contributed by atoms with Gasteiger partial charge in [0.05, 0.1) is 24.5 Å². The van der Waals surface area contributed by atoms with E-state index in [1.807, 2.05) is 0 Å². The first kappa shape index (κ1) is 20.1. The van der Waals surface area contributed by atoms with E-state index in [1.54, 1.807) is 18.2 Å². The molecule has 0 spiro atoms. The largest absolute Gasteiger partial charge is 0.504 e. The lowest BCUT2D eigenvalue weighted by molar-refractivity contribution is 0.0458. The van der Waals surface area contributed by atoms with Crippen molar-refractivity contribution in [3.8, 4) is 11.5 Å². The van der Waals surface area contributed by atoms with Gasteiger partial charge in [-0.05, 0) is 35.4 Å². The number of nitrogens with zero attached hydrogens (tertiary/aromatic N) is 2. The number of benzene rings is 2. The highest BCUT2D eigenvalue weighted by molar-refractivity contribution is 7.89. The van der Waals surface area contributed by atoms with Crippen molar-refractivity contribution in [2.75, 3.05) is 25.4 Å². The summed E-state index contributed by atoms with van der Waals surface area (Å²) in [7, 11) is -3.55. The Hall–Kier alpha value is -2.20. The van der Waals surface area contributed by atoms with E-state index in [-0.39, 0.29) is 42.5 Å². The van der Waals surface area contributed by atoms with E-state index in [9.17, 15) is 23.0 Å². The monoisotopic (exact) mass is 422 g/mol. The molecule has 2 aliphatic heterocycles. The molecule has 0 radical (unpaired) electrons. The zero-order valence-corrected chi connectivity index (χ0v) is 16.6. The summed E-state index contributed by atoms with van der Waals surface area (Å²) in [5.74, 6) is -0.873. The van der Waals surface area contributed by atoms with Crippen LogP contribution in [-0.4, -0.2) is 65.4 Å². The fourth-order valence-electron chi connectivity index (χ4n) is 3.99. The molecule has 2 saturated heterocycles. The number of hydrogen-bond acceptors (Lipinski definition) is 6. The highest BCUT2D eigenvalue weighted by Gasteiger charge is 2.44. The third-order valence-corrected chi connectivity index (χ3v) is 7.18. The Bertz CT molecular complexity index is 1000. The van der Waals surface area contributed by atoms with Gasteiger partial charge in [-0.15, -0.1) is 0 Å². The van der Waals surface area contributed by atoms with Gasteiger partial charge in [-0.2, -0.15) is 4.31 Å². The standard InChI is InChI=1S/C20H23FN2O5S/c21-16-3-1-2-14(8-16)11-23-17-12-22(10-15-4-5-18(24)19(25)9-15)13-20(17)28-6-7-29(23,26)27/h1-5,8-9,17,20,24-25H,6-7,10-13H2/t17-,20+/m1/s1. The molecule has 7 nitrogen and oxygen atoms in total. The maximum atomic E-state index is 13.6. The number of likely N-dealkylation sites (tertiary alicyclic amines) is 1. The fraction of sp³-hybridized carbons (Fsp3) is 0.400. The number of halogens is 1. The van der Waals surface area contributed by atoms with Crippen LogP contribution in [0.15, 0.2) is 42.5 Å². The van der Waals surface area contributed by atoms with Gasteiger partial charge in [-0.1, -0.05) is 18.2 Å². The van der Waals surface area contributed by atoms with Gasteiger partial charge in [0.2, 0.25) is 10.0 Å². The maximum Gasteiger partial charge on any atom is 0.217 e. The number of hydrogen-bond donors (Lipinski definition) is 2. The van der Waals surface area contributed by atoms with Crippen LogP contribution in [0.2, 0.25) is 0 Å². The smallest absolute Gasteiger partial charge is 0.217 e. The molecule has 0 saturated carbocycles. The molecule has 0 aliphatic carbocycles. The van der Waals surface area contributed by atoms with Crippen LogP contribution in [0.3, 0.4) is 0 Å². The third kappa shape index (κ3) is 4.37. The van der Waals surface area contributed by atoms with Gasteiger partial charge in [-0.3, -0.25) is 4.90 Å². The molecule has 2 aliphatic rings. The summed E-state index contributed by atoms with van der Waals surface area (Å²) in [6.07, 6.45) is -0.286. The quantitative estimate of drug-likeness (QED) is 0.729. The van der Waals surface area contributed by atoms with Crippen LogP contribution in [0.5, 0.6) is 11.5 Å². The predicted octanol–water partition coefficient (Wildman–Crippen LogP) is 1.65. The van der Waals surface area contributed by atoms with Gasteiger partial charge in [0.25, 0.3) is 0 Å². The van der Waals surface area contributed by atoms with Crippen molar-refractivity contribution in [1.29, 1.82) is 0 Å². The lowest BCUT2D eigenvalue weighted by Gasteiger charge is -2.28. The van der Waals surface area contributed by atoms with Crippen molar-refractivity contribution in [1.82, 2.24) is 9.21 Å². The van der Waals surface area contributed by atoms with Crippen molar-refractivity contribution >= 4 is 10.0 Å². The molecule has 2 atom stereocenters. The van der Waals surface area contributed by atoms with Crippen LogP contribution >= 0.6 is 0 Å². The third-order valence-electron chi connectivity index (χ3n) is 5.39. The summed E-state index contributed by atoms with van der Waals surface area (Å²) in [5, 5.41) is 19.2. The summed E-state index contributed by atoms with van der Waals surface area (Å²) in [4.78, 5) is 2.06. The first-order chi connectivity index (χ1) is 13.8. The average Bonchev–Trinajstić information content (AvgIpc) is 3.00. The number of rotatable bonds is 4. The molecule has 0 unspecified atom stereocenters. The second-order valence-electron chi connectivity index (χ2n) is 7.48. The highest BCUT2D eigenvalue weighted by atomic mass is 32.2. The molecule has 2 aromatic carbocycles. The normalized spacial score (nSPS) is 24.9.